The minimum Gasteiger partial charge on any atom is -0.481 e. The predicted molar refractivity (Wildman–Crippen MR) is 411 cm³/mol. The third-order valence-corrected chi connectivity index (χ3v) is 22.9. The molecule has 6 N–H and O–H groups in total. The standard InChI is InChI=1S/C25H26BrF3N4O4S.C25H27ClF2N4O4S.C24H24Cl2F2N4O4S/c1-2-37-24(36)20-18(12-33-13-25(28,29)8-7-15(33)4-6-19(34)35)31-22(23-30-9-10-38-23)32-21(20)16-5-3-14(27)11-17(16)26;1-2-36-24(35)20-18(13-32-14-25(27,28)10-9-15(32)7-8-19(33)34)30-22(23-29-11-12-37-23)31-21(20)16-5-3-4-6-17(16)26;1-36-23(35)19-17(11-32-12-24(27,28)7-6-14(32)3-5-18(33)34)30-21(22-29-8-9-37-22)31-20(19)15-4-2-13(25)10-16(15)26/h3,5,9-11,15,21H,2,4,6-8,12-13H2,1H3,(H,31,32)(H,34,35);3-6,11-12,15,21H,2,7-10,13-14H2,1H3,(H,30,31)(H,33,34);2,4,8-10,14,20H,3,5-7,11-12H2,1H3,(H,30,31)(H,33,34)/t15-,21-;15-,21+;14-,20+/m011/s1. The largest absolute Gasteiger partial charge is 0.481 e. The van der Waals surface area contributed by atoms with Gasteiger partial charge in [0.05, 0.1) is 56.7 Å². The Morgan fingerprint density at radius 1 is 0.527 bits per heavy atom. The second kappa shape index (κ2) is 38.7. The number of thiazole rings is 3. The highest BCUT2D eigenvalue weighted by atomic mass is 79.9. The van der Waals surface area contributed by atoms with Crippen molar-refractivity contribution in [3.8, 4) is 0 Å². The molecule has 3 aromatic carbocycles. The molecule has 3 saturated heterocycles. The fourth-order valence-corrected chi connectivity index (χ4v) is 16.9. The van der Waals surface area contributed by atoms with Crippen LogP contribution in [-0.2, 0) is 43.0 Å². The van der Waals surface area contributed by atoms with Crippen molar-refractivity contribution in [1.29, 1.82) is 0 Å². The number of aromatic nitrogens is 3. The summed E-state index contributed by atoms with van der Waals surface area (Å²) in [6.07, 6.45) is 4.33. The molecule has 0 amide bonds. The van der Waals surface area contributed by atoms with Gasteiger partial charge in [0.2, 0.25) is 0 Å². The van der Waals surface area contributed by atoms with E-state index in [0.717, 1.165) is 0 Å². The van der Waals surface area contributed by atoms with E-state index in [1.165, 1.54) is 75.2 Å². The van der Waals surface area contributed by atoms with E-state index in [1.54, 1.807) is 89.9 Å². The van der Waals surface area contributed by atoms with E-state index in [0.29, 0.717) is 80.8 Å². The molecule has 6 aromatic rings. The van der Waals surface area contributed by atoms with Crippen molar-refractivity contribution in [2.75, 3.05) is 59.6 Å². The second-order valence-corrected chi connectivity index (χ2v) is 31.4. The topological polar surface area (TPSA) is 312 Å². The summed E-state index contributed by atoms with van der Waals surface area (Å²) in [7, 11) is 1.22. The molecule has 24 nitrogen and oxygen atoms in total. The van der Waals surface area contributed by atoms with Gasteiger partial charge in [-0.3, -0.25) is 44.1 Å². The first-order valence-corrected chi connectivity index (χ1v) is 39.9. The number of carboxylic acids is 3. The number of nitrogens with one attached hydrogen (secondary N) is 3. The van der Waals surface area contributed by atoms with Crippen LogP contribution in [0.4, 0.5) is 30.7 Å². The molecule has 9 heterocycles. The Balaban J connectivity index is 0.000000178. The van der Waals surface area contributed by atoms with E-state index in [1.807, 2.05) is 0 Å². The first-order valence-electron chi connectivity index (χ1n) is 35.3. The van der Waals surface area contributed by atoms with Gasteiger partial charge in [-0.05, 0) is 88.3 Å². The van der Waals surface area contributed by atoms with E-state index in [9.17, 15) is 69.7 Å². The Bertz CT molecular complexity index is 4600. The lowest BCUT2D eigenvalue weighted by Gasteiger charge is -2.41. The van der Waals surface area contributed by atoms with Crippen molar-refractivity contribution in [3.63, 3.8) is 0 Å². The van der Waals surface area contributed by atoms with Gasteiger partial charge in [0.15, 0.2) is 32.5 Å². The van der Waals surface area contributed by atoms with E-state index >= 15 is 0 Å². The van der Waals surface area contributed by atoms with Crippen LogP contribution in [0, 0.1) is 5.82 Å². The molecule has 0 bridgehead atoms. The number of hydrogen-bond donors (Lipinski definition) is 6. The zero-order valence-corrected chi connectivity index (χ0v) is 66.6. The van der Waals surface area contributed by atoms with Gasteiger partial charge in [-0.25, -0.2) is 60.1 Å². The van der Waals surface area contributed by atoms with Crippen LogP contribution in [0.25, 0.3) is 0 Å². The molecule has 0 spiro atoms. The summed E-state index contributed by atoms with van der Waals surface area (Å²) in [5, 5.41) is 44.8. The quantitative estimate of drug-likeness (QED) is 0.0167. The molecule has 38 heteroatoms. The fourth-order valence-electron chi connectivity index (χ4n) is 13.8. The minimum absolute atomic E-state index is 0.0562. The van der Waals surface area contributed by atoms with Crippen molar-refractivity contribution in [3.05, 3.63) is 186 Å². The van der Waals surface area contributed by atoms with Crippen molar-refractivity contribution in [2.45, 2.75) is 145 Å². The Morgan fingerprint density at radius 3 is 1.23 bits per heavy atom. The predicted octanol–water partition coefficient (Wildman–Crippen LogP) is 14.5. The number of hydrogen-bond acceptors (Lipinski definition) is 24. The molecule has 12 rings (SSSR count). The van der Waals surface area contributed by atoms with Crippen molar-refractivity contribution >= 4 is 138 Å². The Morgan fingerprint density at radius 2 is 0.893 bits per heavy atom. The molecule has 6 atom stereocenters. The maximum absolute atomic E-state index is 14.5. The second-order valence-electron chi connectivity index (χ2n) is 26.6. The van der Waals surface area contributed by atoms with Gasteiger partial charge in [0.25, 0.3) is 17.8 Å². The van der Waals surface area contributed by atoms with Crippen LogP contribution in [0.5, 0.6) is 0 Å². The summed E-state index contributed by atoms with van der Waals surface area (Å²) in [4.78, 5) is 105. The molecule has 0 saturated carbocycles. The van der Waals surface area contributed by atoms with Crippen molar-refractivity contribution in [1.82, 2.24) is 45.6 Å². The molecule has 0 aliphatic carbocycles. The number of ether oxygens (including phenoxy) is 3. The van der Waals surface area contributed by atoms with Gasteiger partial charge < -0.3 is 45.5 Å². The number of aliphatic imine (C=N–C) groups is 3. The summed E-state index contributed by atoms with van der Waals surface area (Å²) >= 11 is 26.4. The first kappa shape index (κ1) is 86.2. The third kappa shape index (κ3) is 22.6. The molecule has 600 valence electrons. The number of rotatable bonds is 26. The molecular formula is C74H77BrCl3F7N12O12S3. The monoisotopic (exact) mass is 1740 g/mol. The maximum atomic E-state index is 14.5. The van der Waals surface area contributed by atoms with E-state index < -0.39 is 115 Å². The zero-order chi connectivity index (χ0) is 80.8. The number of halogens is 11. The lowest BCUT2D eigenvalue weighted by Crippen LogP contribution is -2.51. The molecule has 0 radical (unpaired) electrons. The van der Waals surface area contributed by atoms with Crippen LogP contribution in [0.2, 0.25) is 15.1 Å². The summed E-state index contributed by atoms with van der Waals surface area (Å²) in [5.41, 5.74) is 2.85. The number of benzene rings is 3. The fraction of sp³-hybridized carbons (Fsp3) is 0.432. The molecule has 6 aliphatic rings. The number of piperidine rings is 3. The highest BCUT2D eigenvalue weighted by molar-refractivity contribution is 9.10. The third-order valence-electron chi connectivity index (χ3n) is 18.9. The minimum atomic E-state index is -2.97. The Kier molecular flexibility index (Phi) is 29.8. The van der Waals surface area contributed by atoms with Crippen LogP contribution in [0.3, 0.4) is 0 Å². The number of amidine groups is 3. The average Bonchev–Trinajstić information content (AvgIpc) is 0.958. The number of methoxy groups -OCH3 is 1. The highest BCUT2D eigenvalue weighted by Crippen LogP contribution is 2.44. The maximum Gasteiger partial charge on any atom is 0.338 e. The van der Waals surface area contributed by atoms with Crippen molar-refractivity contribution < 1.29 is 89.0 Å². The van der Waals surface area contributed by atoms with Crippen LogP contribution in [-0.4, -0.2) is 194 Å². The van der Waals surface area contributed by atoms with Gasteiger partial charge in [-0.2, -0.15) is 0 Å². The summed E-state index contributed by atoms with van der Waals surface area (Å²) in [5.74, 6) is -13.3. The normalized spacial score (nSPS) is 21.7. The van der Waals surface area contributed by atoms with Crippen LogP contribution >= 0.6 is 84.7 Å². The summed E-state index contributed by atoms with van der Waals surface area (Å²) in [6, 6.07) is 11.8. The molecule has 3 fully saturated rings. The lowest BCUT2D eigenvalue weighted by molar-refractivity contribution is -0.140. The van der Waals surface area contributed by atoms with Crippen LogP contribution in [0.15, 0.2) is 149 Å². The summed E-state index contributed by atoms with van der Waals surface area (Å²) < 4.78 is 117. The lowest BCUT2D eigenvalue weighted by atomic mass is 9.92. The number of likely N-dealkylation sites (tertiary alicyclic amines) is 3. The van der Waals surface area contributed by atoms with Gasteiger partial charge in [-0.1, -0.05) is 81.1 Å². The number of esters is 3. The number of carboxylic acid groups (broad SMARTS) is 3. The van der Waals surface area contributed by atoms with Crippen molar-refractivity contribution in [2.24, 2.45) is 15.0 Å². The van der Waals surface area contributed by atoms with Gasteiger partial charge in [0, 0.05) is 159 Å². The first-order chi connectivity index (χ1) is 53.3. The van der Waals surface area contributed by atoms with Gasteiger partial charge in [0.1, 0.15) is 23.9 Å². The molecule has 112 heavy (non-hydrogen) atoms. The van der Waals surface area contributed by atoms with Gasteiger partial charge in [-0.15, -0.1) is 34.0 Å². The molecular weight excluding hydrogens is 1660 g/mol. The van der Waals surface area contributed by atoms with E-state index in [4.69, 9.17) is 69.1 Å². The summed E-state index contributed by atoms with van der Waals surface area (Å²) in [6.45, 7) is 1.53. The zero-order valence-electron chi connectivity index (χ0n) is 60.3. The number of carbonyl (C=O) groups excluding carboxylic acids is 3. The Labute approximate surface area is 674 Å². The average molecular weight is 1740 g/mol. The number of carbonyl (C=O) groups is 6. The molecule has 0 unspecified atom stereocenters. The number of nitrogens with zero attached hydrogens (tertiary/aromatic N) is 9. The van der Waals surface area contributed by atoms with E-state index in [-0.39, 0.29) is 132 Å². The number of aliphatic carboxylic acids is 3. The Hall–Kier alpha value is -8.26. The van der Waals surface area contributed by atoms with Crippen LogP contribution in [0.1, 0.15) is 141 Å². The van der Waals surface area contributed by atoms with Crippen LogP contribution < -0.4 is 16.0 Å². The van der Waals surface area contributed by atoms with E-state index in [2.05, 4.69) is 46.8 Å². The van der Waals surface area contributed by atoms with Gasteiger partial charge >= 0.3 is 35.8 Å². The SMILES string of the molecule is CCOC(=O)C1=C(CN2CC(F)(F)CC[C@@H]2CCC(=O)O)NC(c2nccs2)=N[C@H]1c1ccc(F)cc1Br.CCOC(=O)C1=C(CN2CC(F)(F)CC[C@H]2CCC(=O)O)NC(c2nccs2)=N[C@H]1c1ccccc1Cl.COC(=O)C1=C(CN2CC(F)(F)CC[C@H]2CCC(=O)O)NC(c2nccs2)=N[C@H]1c1ccc(Cl)cc1Cl. The molecule has 3 aromatic heterocycles. The molecule has 6 aliphatic heterocycles. The highest BCUT2D eigenvalue weighted by Gasteiger charge is 2.46. The number of alkyl halides is 6. The smallest absolute Gasteiger partial charge is 0.338 e.